The monoisotopic (exact) mass is 244 g/mol. The SMILES string of the molecule is NC1CN(COC(=O)c2ccccc2)CCO1.[LiH]. The molecule has 0 spiro atoms. The number of ether oxygens (including phenoxy) is 2. The van der Waals surface area contributed by atoms with Crippen molar-refractivity contribution in [3.8, 4) is 0 Å². The van der Waals surface area contributed by atoms with Gasteiger partial charge in [0, 0.05) is 13.1 Å². The van der Waals surface area contributed by atoms with Gasteiger partial charge in [0.2, 0.25) is 0 Å². The predicted molar refractivity (Wildman–Crippen MR) is 69.4 cm³/mol. The third-order valence-electron chi connectivity index (χ3n) is 2.57. The van der Waals surface area contributed by atoms with E-state index in [0.29, 0.717) is 18.7 Å². The number of morpholine rings is 1. The fourth-order valence-electron chi connectivity index (χ4n) is 1.66. The number of benzene rings is 1. The zero-order chi connectivity index (χ0) is 12.1. The Labute approximate surface area is 118 Å². The molecule has 5 nitrogen and oxygen atoms in total. The Hall–Kier alpha value is -0.833. The van der Waals surface area contributed by atoms with E-state index in [4.69, 9.17) is 15.2 Å². The molecule has 1 unspecified atom stereocenters. The molecule has 2 N–H and O–H groups in total. The minimum atomic E-state index is -0.314. The first-order valence-electron chi connectivity index (χ1n) is 5.57. The fraction of sp³-hybridized carbons (Fsp3) is 0.417. The summed E-state index contributed by atoms with van der Waals surface area (Å²) in [5.74, 6) is -0.314. The number of nitrogens with two attached hydrogens (primary N) is 1. The molecule has 0 radical (unpaired) electrons. The first-order valence-corrected chi connectivity index (χ1v) is 5.57. The first kappa shape index (κ1) is 15.2. The molecule has 0 bridgehead atoms. The maximum atomic E-state index is 11.7. The Balaban J connectivity index is 0.00000162. The van der Waals surface area contributed by atoms with Gasteiger partial charge >= 0.3 is 24.8 Å². The summed E-state index contributed by atoms with van der Waals surface area (Å²) in [4.78, 5) is 13.6. The third kappa shape index (κ3) is 4.45. The summed E-state index contributed by atoms with van der Waals surface area (Å²) in [6.45, 7) is 2.15. The Bertz CT molecular complexity index is 375. The number of carbonyl (C=O) groups excluding carboxylic acids is 1. The molecule has 0 saturated carbocycles. The average molecular weight is 244 g/mol. The van der Waals surface area contributed by atoms with Crippen LogP contribution in [0.1, 0.15) is 10.4 Å². The summed E-state index contributed by atoms with van der Waals surface area (Å²) in [5, 5.41) is 0. The van der Waals surface area contributed by atoms with Crippen molar-refractivity contribution in [1.29, 1.82) is 0 Å². The van der Waals surface area contributed by atoms with Crippen LogP contribution < -0.4 is 5.73 Å². The number of nitrogens with zero attached hydrogens (tertiary/aromatic N) is 1. The summed E-state index contributed by atoms with van der Waals surface area (Å²) in [5.41, 5.74) is 6.20. The molecule has 1 aliphatic heterocycles. The van der Waals surface area contributed by atoms with Gasteiger partial charge < -0.3 is 15.2 Å². The molecule has 2 rings (SSSR count). The van der Waals surface area contributed by atoms with Crippen molar-refractivity contribution < 1.29 is 14.3 Å². The van der Waals surface area contributed by atoms with E-state index in [2.05, 4.69) is 0 Å². The van der Waals surface area contributed by atoms with Crippen LogP contribution in [0.5, 0.6) is 0 Å². The molecule has 94 valence electrons. The number of hydrogen-bond acceptors (Lipinski definition) is 5. The van der Waals surface area contributed by atoms with E-state index in [1.807, 2.05) is 11.0 Å². The number of carbonyl (C=O) groups is 1. The molecule has 1 fully saturated rings. The van der Waals surface area contributed by atoms with Crippen LogP contribution >= 0.6 is 0 Å². The minimum absolute atomic E-state index is 0. The molecule has 0 amide bonds. The zero-order valence-electron chi connectivity index (χ0n) is 9.54. The van der Waals surface area contributed by atoms with Gasteiger partial charge in [-0.25, -0.2) is 4.79 Å². The molecule has 6 heteroatoms. The Morgan fingerprint density at radius 1 is 1.44 bits per heavy atom. The van der Waals surface area contributed by atoms with Gasteiger partial charge in [-0.3, -0.25) is 4.90 Å². The van der Waals surface area contributed by atoms with Gasteiger partial charge in [-0.05, 0) is 12.1 Å². The molecule has 1 saturated heterocycles. The van der Waals surface area contributed by atoms with Gasteiger partial charge in [0.25, 0.3) is 0 Å². The maximum absolute atomic E-state index is 11.7. The van der Waals surface area contributed by atoms with Crippen molar-refractivity contribution in [3.63, 3.8) is 0 Å². The van der Waals surface area contributed by atoms with Crippen molar-refractivity contribution in [2.24, 2.45) is 5.73 Å². The Morgan fingerprint density at radius 3 is 2.83 bits per heavy atom. The Kier molecular flexibility index (Phi) is 6.40. The van der Waals surface area contributed by atoms with Crippen molar-refractivity contribution in [2.45, 2.75) is 6.23 Å². The third-order valence-corrected chi connectivity index (χ3v) is 2.57. The standard InChI is InChI=1S/C12H16N2O3.Li.H/c13-11-8-14(6-7-16-11)9-17-12(15)10-4-2-1-3-5-10;;/h1-5,11H,6-9,13H2;;. The number of rotatable bonds is 3. The van der Waals surface area contributed by atoms with Gasteiger partial charge in [-0.15, -0.1) is 0 Å². The molecule has 1 aromatic rings. The molecule has 1 heterocycles. The topological polar surface area (TPSA) is 64.8 Å². The number of hydrogen-bond donors (Lipinski definition) is 1. The fourth-order valence-corrected chi connectivity index (χ4v) is 1.66. The van der Waals surface area contributed by atoms with Gasteiger partial charge in [0.1, 0.15) is 13.0 Å². The van der Waals surface area contributed by atoms with Crippen LogP contribution in [0.4, 0.5) is 0 Å². The molecule has 1 atom stereocenters. The van der Waals surface area contributed by atoms with E-state index in [-0.39, 0.29) is 37.8 Å². The van der Waals surface area contributed by atoms with Gasteiger partial charge in [-0.1, -0.05) is 18.2 Å². The molecule has 0 aliphatic carbocycles. The van der Waals surface area contributed by atoms with E-state index in [1.165, 1.54) is 0 Å². The summed E-state index contributed by atoms with van der Waals surface area (Å²) in [6.07, 6.45) is -0.292. The van der Waals surface area contributed by atoms with E-state index in [9.17, 15) is 4.79 Å². The first-order chi connectivity index (χ1) is 8.25. The van der Waals surface area contributed by atoms with E-state index < -0.39 is 0 Å². The second kappa shape index (κ2) is 7.57. The summed E-state index contributed by atoms with van der Waals surface area (Å²) in [7, 11) is 0. The molecular weight excluding hydrogens is 227 g/mol. The quantitative estimate of drug-likeness (QED) is 0.587. The normalized spacial score (nSPS) is 19.9. The van der Waals surface area contributed by atoms with Crippen LogP contribution in [0, 0.1) is 0 Å². The van der Waals surface area contributed by atoms with E-state index in [1.54, 1.807) is 24.3 Å². The van der Waals surface area contributed by atoms with Crippen molar-refractivity contribution in [2.75, 3.05) is 26.4 Å². The summed E-state index contributed by atoms with van der Waals surface area (Å²) in [6, 6.07) is 8.93. The predicted octanol–water partition coefficient (Wildman–Crippen LogP) is -0.231. The molecule has 1 aliphatic rings. The van der Waals surface area contributed by atoms with E-state index >= 15 is 0 Å². The van der Waals surface area contributed by atoms with E-state index in [0.717, 1.165) is 6.54 Å². The van der Waals surface area contributed by atoms with Crippen molar-refractivity contribution in [3.05, 3.63) is 35.9 Å². The summed E-state index contributed by atoms with van der Waals surface area (Å²) >= 11 is 0. The van der Waals surface area contributed by atoms with Crippen LogP contribution in [-0.4, -0.2) is 62.4 Å². The van der Waals surface area contributed by atoms with Crippen LogP contribution in [0.3, 0.4) is 0 Å². The zero-order valence-corrected chi connectivity index (χ0v) is 9.54. The van der Waals surface area contributed by atoms with Crippen LogP contribution in [0.2, 0.25) is 0 Å². The number of esters is 1. The second-order valence-electron chi connectivity index (χ2n) is 3.91. The van der Waals surface area contributed by atoms with Gasteiger partial charge in [-0.2, -0.15) is 0 Å². The second-order valence-corrected chi connectivity index (χ2v) is 3.91. The summed E-state index contributed by atoms with van der Waals surface area (Å²) < 4.78 is 10.4. The van der Waals surface area contributed by atoms with Crippen LogP contribution in [0.15, 0.2) is 30.3 Å². The Morgan fingerprint density at radius 2 is 2.17 bits per heavy atom. The van der Waals surface area contributed by atoms with Crippen LogP contribution in [-0.2, 0) is 9.47 Å². The van der Waals surface area contributed by atoms with Crippen molar-refractivity contribution in [1.82, 2.24) is 4.90 Å². The average Bonchev–Trinajstić information content (AvgIpc) is 2.37. The molecule has 0 aromatic heterocycles. The van der Waals surface area contributed by atoms with Gasteiger partial charge in [0.05, 0.1) is 12.2 Å². The molecule has 18 heavy (non-hydrogen) atoms. The van der Waals surface area contributed by atoms with Gasteiger partial charge in [0.15, 0.2) is 0 Å². The van der Waals surface area contributed by atoms with Crippen molar-refractivity contribution >= 4 is 24.8 Å². The molecular formula is C12H17LiN2O3. The van der Waals surface area contributed by atoms with Crippen LogP contribution in [0.25, 0.3) is 0 Å². The molecule has 1 aromatic carbocycles.